The summed E-state index contributed by atoms with van der Waals surface area (Å²) in [4.78, 5) is 6.87. The van der Waals surface area contributed by atoms with E-state index in [1.54, 1.807) is 18.2 Å². The molecule has 3 heterocycles. The second-order valence-corrected chi connectivity index (χ2v) is 12.4. The van der Waals surface area contributed by atoms with Crippen molar-refractivity contribution in [2.24, 2.45) is 0 Å². The minimum Gasteiger partial charge on any atom is -0.373 e. The normalized spacial score (nSPS) is 14.8. The molecule has 13 heteroatoms. The van der Waals surface area contributed by atoms with Gasteiger partial charge < -0.3 is 15.5 Å². The summed E-state index contributed by atoms with van der Waals surface area (Å²) in [5.41, 5.74) is 3.83. The molecule has 8 nitrogen and oxygen atoms in total. The monoisotopic (exact) mass is 682 g/mol. The van der Waals surface area contributed by atoms with Gasteiger partial charge in [-0.1, -0.05) is 64.6 Å². The number of likely N-dealkylation sites (tertiary alicyclic amines) is 1. The molecule has 0 saturated carbocycles. The Labute approximate surface area is 279 Å². The average molecular weight is 684 g/mol. The maximum Gasteiger partial charge on any atom is 0.141 e. The van der Waals surface area contributed by atoms with E-state index in [1.165, 1.54) is 24.4 Å². The van der Waals surface area contributed by atoms with Crippen LogP contribution in [0.2, 0.25) is 20.1 Å². The van der Waals surface area contributed by atoms with Crippen LogP contribution in [-0.4, -0.2) is 44.5 Å². The first-order chi connectivity index (χ1) is 21.7. The van der Waals surface area contributed by atoms with E-state index in [1.807, 2.05) is 23.0 Å². The van der Waals surface area contributed by atoms with Crippen molar-refractivity contribution in [1.82, 2.24) is 24.9 Å². The van der Waals surface area contributed by atoms with E-state index in [9.17, 15) is 9.65 Å². The van der Waals surface area contributed by atoms with Crippen molar-refractivity contribution in [3.05, 3.63) is 104 Å². The van der Waals surface area contributed by atoms with Gasteiger partial charge in [0.15, 0.2) is 0 Å². The average Bonchev–Trinajstić information content (AvgIpc) is 3.53. The van der Waals surface area contributed by atoms with Gasteiger partial charge in [0.2, 0.25) is 0 Å². The standard InChI is InChI=1S/C32H27Cl4FN8/c1-2-44-9-7-22(8-10-44)45-17-29(42-43-45)31(18-3-5-24(33)25(34)11-18)41-21-12-23-30(40-20-4-6-28(37)26(35)13-20)19(15-38)16-39-32(23)27(36)14-21/h3-6,11-14,16-17,22,31,41H,2,7-10H2,1H3,(H,39,40). The fourth-order valence-electron chi connectivity index (χ4n) is 5.57. The maximum absolute atomic E-state index is 13.9. The molecule has 0 aliphatic carbocycles. The first kappa shape index (κ1) is 31.3. The Kier molecular flexibility index (Phi) is 9.31. The molecule has 2 aromatic heterocycles. The molecule has 0 amide bonds. The fraction of sp³-hybridized carbons (Fsp3) is 0.250. The highest BCUT2D eigenvalue weighted by molar-refractivity contribution is 6.42. The van der Waals surface area contributed by atoms with Crippen LogP contribution in [0.1, 0.15) is 48.7 Å². The molecule has 0 bridgehead atoms. The number of fused-ring (bicyclic) bond motifs is 1. The van der Waals surface area contributed by atoms with Crippen molar-refractivity contribution < 1.29 is 4.39 Å². The summed E-state index contributed by atoms with van der Waals surface area (Å²) in [6.45, 7) is 5.24. The third kappa shape index (κ3) is 6.67. The lowest BCUT2D eigenvalue weighted by molar-refractivity contribution is 0.186. The highest BCUT2D eigenvalue weighted by Gasteiger charge is 2.25. The zero-order valence-electron chi connectivity index (χ0n) is 24.0. The van der Waals surface area contributed by atoms with E-state index in [2.05, 4.69) is 43.8 Å². The number of aromatic nitrogens is 4. The molecule has 6 rings (SSSR count). The van der Waals surface area contributed by atoms with Crippen LogP contribution >= 0.6 is 46.4 Å². The molecule has 0 spiro atoms. The molecule has 3 aromatic carbocycles. The number of rotatable bonds is 8. The number of pyridine rings is 1. The lowest BCUT2D eigenvalue weighted by Crippen LogP contribution is -2.34. The number of anilines is 3. The van der Waals surface area contributed by atoms with Gasteiger partial charge >= 0.3 is 0 Å². The Morgan fingerprint density at radius 2 is 1.76 bits per heavy atom. The van der Waals surface area contributed by atoms with Gasteiger partial charge in [-0.15, -0.1) is 5.10 Å². The Morgan fingerprint density at radius 3 is 2.47 bits per heavy atom. The van der Waals surface area contributed by atoms with E-state index in [0.29, 0.717) is 48.7 Å². The van der Waals surface area contributed by atoms with E-state index in [-0.39, 0.29) is 16.6 Å². The van der Waals surface area contributed by atoms with Gasteiger partial charge in [0.05, 0.1) is 55.1 Å². The highest BCUT2D eigenvalue weighted by atomic mass is 35.5. The minimum absolute atomic E-state index is 0.0503. The summed E-state index contributed by atoms with van der Waals surface area (Å²) in [6.07, 6.45) is 5.39. The second-order valence-electron chi connectivity index (χ2n) is 10.8. The summed E-state index contributed by atoms with van der Waals surface area (Å²) in [7, 11) is 0. The van der Waals surface area contributed by atoms with Gasteiger partial charge in [0, 0.05) is 36.0 Å². The SMILES string of the molecule is CCN1CCC(n2cc(C(Nc3cc(Cl)c4ncc(C#N)c(Nc5ccc(F)c(Cl)c5)c4c3)c3ccc(Cl)c(Cl)c3)nn2)CC1. The second kappa shape index (κ2) is 13.4. The Hall–Kier alpha value is -3.65. The predicted octanol–water partition coefficient (Wildman–Crippen LogP) is 9.05. The first-order valence-corrected chi connectivity index (χ1v) is 15.8. The molecule has 1 unspecified atom stereocenters. The molecule has 230 valence electrons. The van der Waals surface area contributed by atoms with Crippen molar-refractivity contribution in [1.29, 1.82) is 5.26 Å². The van der Waals surface area contributed by atoms with Gasteiger partial charge in [0.1, 0.15) is 17.6 Å². The quantitative estimate of drug-likeness (QED) is 0.169. The number of hydrogen-bond acceptors (Lipinski definition) is 7. The van der Waals surface area contributed by atoms with Gasteiger partial charge in [-0.2, -0.15) is 5.26 Å². The smallest absolute Gasteiger partial charge is 0.141 e. The predicted molar refractivity (Wildman–Crippen MR) is 178 cm³/mol. The molecular formula is C32H27Cl4FN8. The highest BCUT2D eigenvalue weighted by Crippen LogP contribution is 2.38. The molecular weight excluding hydrogens is 657 g/mol. The molecule has 1 fully saturated rings. The summed E-state index contributed by atoms with van der Waals surface area (Å²) >= 11 is 25.5. The van der Waals surface area contributed by atoms with Crippen LogP contribution in [0.5, 0.6) is 0 Å². The molecule has 1 saturated heterocycles. The first-order valence-electron chi connectivity index (χ1n) is 14.3. The molecule has 45 heavy (non-hydrogen) atoms. The van der Waals surface area contributed by atoms with Crippen molar-refractivity contribution in [2.75, 3.05) is 30.3 Å². The van der Waals surface area contributed by atoms with Crippen molar-refractivity contribution >= 4 is 74.4 Å². The number of benzene rings is 3. The third-order valence-electron chi connectivity index (χ3n) is 8.02. The van der Waals surface area contributed by atoms with Crippen LogP contribution in [0.3, 0.4) is 0 Å². The van der Waals surface area contributed by atoms with Crippen molar-refractivity contribution in [3.63, 3.8) is 0 Å². The summed E-state index contributed by atoms with van der Waals surface area (Å²) < 4.78 is 15.8. The van der Waals surface area contributed by atoms with Crippen LogP contribution in [0, 0.1) is 17.1 Å². The largest absolute Gasteiger partial charge is 0.373 e. The lowest BCUT2D eigenvalue weighted by Gasteiger charge is -2.30. The molecule has 1 aliphatic heterocycles. The van der Waals surface area contributed by atoms with Crippen LogP contribution in [0.25, 0.3) is 10.9 Å². The van der Waals surface area contributed by atoms with Crippen LogP contribution in [0.4, 0.5) is 21.5 Å². The van der Waals surface area contributed by atoms with Crippen LogP contribution in [0.15, 0.2) is 60.9 Å². The third-order valence-corrected chi connectivity index (χ3v) is 9.34. The Bertz CT molecular complexity index is 1920. The molecule has 1 aliphatic rings. The zero-order chi connectivity index (χ0) is 31.7. The summed E-state index contributed by atoms with van der Waals surface area (Å²) in [5.74, 6) is -0.548. The maximum atomic E-state index is 13.9. The van der Waals surface area contributed by atoms with Gasteiger partial charge in [-0.05, 0) is 67.4 Å². The topological polar surface area (TPSA) is 94.7 Å². The zero-order valence-corrected chi connectivity index (χ0v) is 27.1. The van der Waals surface area contributed by atoms with Gasteiger partial charge in [-0.3, -0.25) is 4.98 Å². The van der Waals surface area contributed by atoms with Crippen LogP contribution < -0.4 is 10.6 Å². The lowest BCUT2D eigenvalue weighted by atomic mass is 10.0. The van der Waals surface area contributed by atoms with Gasteiger partial charge in [-0.25, -0.2) is 9.07 Å². The fourth-order valence-corrected chi connectivity index (χ4v) is 6.32. The number of hydrogen-bond donors (Lipinski definition) is 2. The van der Waals surface area contributed by atoms with Gasteiger partial charge in [0.25, 0.3) is 0 Å². The number of nitrogens with zero attached hydrogens (tertiary/aromatic N) is 6. The molecule has 5 aromatic rings. The van der Waals surface area contributed by atoms with E-state index >= 15 is 0 Å². The summed E-state index contributed by atoms with van der Waals surface area (Å²) in [6, 6.07) is 15.2. The van der Waals surface area contributed by atoms with E-state index < -0.39 is 11.9 Å². The van der Waals surface area contributed by atoms with Crippen molar-refractivity contribution in [3.8, 4) is 6.07 Å². The number of piperidine rings is 1. The number of nitrogens with one attached hydrogen (secondary N) is 2. The van der Waals surface area contributed by atoms with Crippen LogP contribution in [-0.2, 0) is 0 Å². The van der Waals surface area contributed by atoms with Crippen molar-refractivity contribution in [2.45, 2.75) is 31.8 Å². The van der Waals surface area contributed by atoms with E-state index in [4.69, 9.17) is 46.4 Å². The Morgan fingerprint density at radius 1 is 0.978 bits per heavy atom. The number of nitriles is 1. The van der Waals surface area contributed by atoms with E-state index in [0.717, 1.165) is 38.0 Å². The Balaban J connectivity index is 1.40. The summed E-state index contributed by atoms with van der Waals surface area (Å²) in [5, 5.41) is 27.5. The molecule has 1 atom stereocenters. The molecule has 2 N–H and O–H groups in total. The number of halogens is 5. The minimum atomic E-state index is -0.548. The molecule has 0 radical (unpaired) electrons.